The molecule has 12 heteroatoms. The summed E-state index contributed by atoms with van der Waals surface area (Å²) >= 11 is 7.86. The Hall–Kier alpha value is -4.48. The van der Waals surface area contributed by atoms with Crippen molar-refractivity contribution in [2.24, 2.45) is 36.1 Å². The number of aromatic nitrogens is 2. The lowest BCUT2D eigenvalue weighted by Gasteiger charge is -2.49. The lowest BCUT2D eigenvalue weighted by molar-refractivity contribution is -0.138. The normalized spacial score (nSPS) is 28.2. The maximum absolute atomic E-state index is 14.9. The summed E-state index contributed by atoms with van der Waals surface area (Å²) in [4.78, 5) is 59.6. The Kier molecular flexibility index (Phi) is 6.75. The Labute approximate surface area is 285 Å². The third-order valence-corrected chi connectivity index (χ3v) is 12.8. The first-order valence-electron chi connectivity index (χ1n) is 15.9. The molecule has 1 N–H and O–H groups in total. The van der Waals surface area contributed by atoms with Crippen LogP contribution in [0.5, 0.6) is 11.5 Å². The maximum atomic E-state index is 14.9. The average Bonchev–Trinajstić information content (AvgIpc) is 3.72. The topological polar surface area (TPSA) is 122 Å². The van der Waals surface area contributed by atoms with Gasteiger partial charge in [-0.3, -0.25) is 28.8 Å². The number of aryl methyl sites for hydroxylation is 2. The molecule has 2 saturated heterocycles. The number of benzene rings is 2. The summed E-state index contributed by atoms with van der Waals surface area (Å²) < 4.78 is 8.35. The molecular weight excluding hydrogens is 652 g/mol. The summed E-state index contributed by atoms with van der Waals surface area (Å²) in [6.45, 7) is 3.83. The number of carbonyl (C=O) groups is 4. The van der Waals surface area contributed by atoms with Crippen LogP contribution in [0.15, 0.2) is 54.1 Å². The summed E-state index contributed by atoms with van der Waals surface area (Å²) in [6.07, 6.45) is 2.60. The first-order chi connectivity index (χ1) is 22.9. The zero-order valence-electron chi connectivity index (χ0n) is 27.0. The number of halogens is 1. The molecule has 4 amide bonds. The standard InChI is InChI=1S/C36H33ClN4O6S/c1-16-22-12-17(37)6-11-27(22)48-31(16)25-15-28(40(4)38-25)41-33(44)24-14-23-19(9-10-21-29(23)34(45)39(3)32(21)43)30(36(24,2)35(41)46)20-8-7-18(42)13-26(20)47-5/h6-9,11-13,15,21,23-24,29-30,42H,10,14H2,1-5H3/t21-,23+,24-,29-,30+,36+/m0/s1. The van der Waals surface area contributed by atoms with E-state index in [1.165, 1.54) is 36.1 Å². The highest BCUT2D eigenvalue weighted by atomic mass is 35.5. The number of rotatable bonds is 4. The van der Waals surface area contributed by atoms with Crippen molar-refractivity contribution in [1.82, 2.24) is 14.7 Å². The average molecular weight is 685 g/mol. The van der Waals surface area contributed by atoms with Gasteiger partial charge < -0.3 is 9.84 Å². The van der Waals surface area contributed by atoms with Gasteiger partial charge in [-0.05, 0) is 67.8 Å². The summed E-state index contributed by atoms with van der Waals surface area (Å²) in [7, 11) is 4.72. The van der Waals surface area contributed by atoms with Gasteiger partial charge in [0.25, 0.3) is 0 Å². The highest BCUT2D eigenvalue weighted by Crippen LogP contribution is 2.64. The van der Waals surface area contributed by atoms with E-state index in [2.05, 4.69) is 0 Å². The number of allylic oxidation sites excluding steroid dienone is 2. The van der Waals surface area contributed by atoms with E-state index < -0.39 is 35.0 Å². The van der Waals surface area contributed by atoms with E-state index in [0.717, 1.165) is 26.1 Å². The number of phenols is 1. The van der Waals surface area contributed by atoms with Crippen molar-refractivity contribution in [2.75, 3.05) is 19.1 Å². The molecule has 6 atom stereocenters. The molecule has 8 rings (SSSR count). The van der Waals surface area contributed by atoms with E-state index in [9.17, 15) is 24.3 Å². The number of methoxy groups -OCH3 is 1. The largest absolute Gasteiger partial charge is 0.508 e. The number of hydrogen-bond donors (Lipinski definition) is 1. The Morgan fingerprint density at radius 2 is 1.79 bits per heavy atom. The zero-order valence-corrected chi connectivity index (χ0v) is 28.6. The number of nitrogens with zero attached hydrogens (tertiary/aromatic N) is 4. The number of fused-ring (bicyclic) bond motifs is 5. The van der Waals surface area contributed by atoms with Crippen LogP contribution >= 0.6 is 22.9 Å². The monoisotopic (exact) mass is 684 g/mol. The SMILES string of the molecule is COc1cc(O)ccc1[C@H]1C2=CC[C@@H]3C(=O)N(C)C(=O)[C@@H]3[C@@H]2C[C@H]2C(=O)N(c3cc(-c4sc5ccc(Cl)cc5c4C)nn3C)C(=O)[C@@]12C. The second kappa shape index (κ2) is 10.5. The van der Waals surface area contributed by atoms with E-state index >= 15 is 0 Å². The van der Waals surface area contributed by atoms with Gasteiger partial charge in [0.1, 0.15) is 23.0 Å². The molecule has 48 heavy (non-hydrogen) atoms. The number of imide groups is 2. The minimum atomic E-state index is -1.26. The molecule has 2 aliphatic carbocycles. The number of carbonyl (C=O) groups excluding carboxylic acids is 4. The third-order valence-electron chi connectivity index (χ3n) is 11.2. The van der Waals surface area contributed by atoms with Gasteiger partial charge >= 0.3 is 0 Å². The molecule has 1 saturated carbocycles. The third kappa shape index (κ3) is 4.00. The quantitative estimate of drug-likeness (QED) is 0.212. The van der Waals surface area contributed by atoms with Crippen molar-refractivity contribution in [3.63, 3.8) is 0 Å². The van der Waals surface area contributed by atoms with Gasteiger partial charge in [0.2, 0.25) is 23.6 Å². The minimum absolute atomic E-state index is 0.00258. The second-order valence-electron chi connectivity index (χ2n) is 13.5. The molecule has 4 aromatic rings. The van der Waals surface area contributed by atoms with Crippen molar-refractivity contribution in [3.05, 3.63) is 70.3 Å². The van der Waals surface area contributed by atoms with E-state index in [4.69, 9.17) is 21.4 Å². The van der Waals surface area contributed by atoms with Crippen LogP contribution in [-0.2, 0) is 26.2 Å². The Bertz CT molecular complexity index is 2150. The summed E-state index contributed by atoms with van der Waals surface area (Å²) in [5.41, 5.74) is 1.87. The molecule has 0 unspecified atom stereocenters. The van der Waals surface area contributed by atoms with Crippen molar-refractivity contribution >= 4 is 62.5 Å². The molecule has 2 aromatic carbocycles. The van der Waals surface area contributed by atoms with Crippen LogP contribution in [0, 0.1) is 36.0 Å². The van der Waals surface area contributed by atoms with Gasteiger partial charge in [-0.1, -0.05) is 29.3 Å². The number of phenolic OH excluding ortho intramolecular Hbond substituents is 1. The van der Waals surface area contributed by atoms with Gasteiger partial charge in [-0.15, -0.1) is 11.3 Å². The van der Waals surface area contributed by atoms with E-state index in [1.807, 2.05) is 38.1 Å². The van der Waals surface area contributed by atoms with Crippen molar-refractivity contribution in [1.29, 1.82) is 0 Å². The number of anilines is 1. The molecule has 10 nitrogen and oxygen atoms in total. The maximum Gasteiger partial charge on any atom is 0.242 e. The fourth-order valence-electron chi connectivity index (χ4n) is 8.89. The van der Waals surface area contributed by atoms with E-state index in [-0.39, 0.29) is 35.8 Å². The van der Waals surface area contributed by atoms with Crippen molar-refractivity contribution in [2.45, 2.75) is 32.6 Å². The number of amides is 4. The first kappa shape index (κ1) is 30.8. The lowest BCUT2D eigenvalue weighted by Crippen LogP contribution is -2.49. The fraction of sp³-hybridized carbons (Fsp3) is 0.361. The van der Waals surface area contributed by atoms with Crippen LogP contribution in [0.25, 0.3) is 20.7 Å². The van der Waals surface area contributed by atoms with Gasteiger partial charge in [-0.25, -0.2) is 4.90 Å². The number of thiophene rings is 1. The van der Waals surface area contributed by atoms with Crippen LogP contribution in [-0.4, -0.2) is 57.6 Å². The molecule has 0 radical (unpaired) electrons. The van der Waals surface area contributed by atoms with Crippen LogP contribution in [0.2, 0.25) is 5.02 Å². The smallest absolute Gasteiger partial charge is 0.242 e. The van der Waals surface area contributed by atoms with Crippen molar-refractivity contribution in [3.8, 4) is 22.1 Å². The molecule has 4 heterocycles. The number of aromatic hydroxyl groups is 1. The van der Waals surface area contributed by atoms with E-state index in [0.29, 0.717) is 34.3 Å². The van der Waals surface area contributed by atoms with E-state index in [1.54, 1.807) is 35.2 Å². The second-order valence-corrected chi connectivity index (χ2v) is 15.0. The highest BCUT2D eigenvalue weighted by molar-refractivity contribution is 7.22. The Balaban J connectivity index is 1.27. The summed E-state index contributed by atoms with van der Waals surface area (Å²) in [5.74, 6) is -3.52. The predicted molar refractivity (Wildman–Crippen MR) is 181 cm³/mol. The number of ether oxygens (including phenoxy) is 1. The molecule has 4 aliphatic rings. The number of likely N-dealkylation sites (tertiary alicyclic amines) is 1. The van der Waals surface area contributed by atoms with Gasteiger partial charge in [0, 0.05) is 47.4 Å². The van der Waals surface area contributed by atoms with Gasteiger partial charge in [0.15, 0.2) is 0 Å². The Morgan fingerprint density at radius 3 is 2.54 bits per heavy atom. The van der Waals surface area contributed by atoms with Gasteiger partial charge in [-0.2, -0.15) is 5.10 Å². The van der Waals surface area contributed by atoms with Gasteiger partial charge in [0.05, 0.1) is 35.2 Å². The molecule has 0 bridgehead atoms. The first-order valence-corrected chi connectivity index (χ1v) is 17.1. The summed E-state index contributed by atoms with van der Waals surface area (Å²) in [5, 5.41) is 16.8. The zero-order chi connectivity index (χ0) is 34.0. The fourth-order valence-corrected chi connectivity index (χ4v) is 10.2. The highest BCUT2D eigenvalue weighted by Gasteiger charge is 2.68. The minimum Gasteiger partial charge on any atom is -0.508 e. The molecule has 2 aliphatic heterocycles. The molecule has 3 fully saturated rings. The predicted octanol–water partition coefficient (Wildman–Crippen LogP) is 5.84. The Morgan fingerprint density at radius 1 is 1.02 bits per heavy atom. The molecule has 0 spiro atoms. The molecular formula is C36H33ClN4O6S. The lowest BCUT2D eigenvalue weighted by atomic mass is 9.51. The van der Waals surface area contributed by atoms with Crippen LogP contribution in [0.1, 0.15) is 36.8 Å². The van der Waals surface area contributed by atoms with Crippen molar-refractivity contribution < 1.29 is 29.0 Å². The van der Waals surface area contributed by atoms with Crippen LogP contribution in [0.3, 0.4) is 0 Å². The van der Waals surface area contributed by atoms with Crippen LogP contribution < -0.4 is 9.64 Å². The molecule has 246 valence electrons. The van der Waals surface area contributed by atoms with Crippen LogP contribution in [0.4, 0.5) is 5.82 Å². The molecule has 2 aromatic heterocycles. The number of hydrogen-bond acceptors (Lipinski definition) is 8. The summed E-state index contributed by atoms with van der Waals surface area (Å²) in [6, 6.07) is 12.3.